The molecule has 6 heteroatoms. The summed E-state index contributed by atoms with van der Waals surface area (Å²) in [6.45, 7) is 1.97. The Hall–Kier alpha value is -0.980. The first-order chi connectivity index (χ1) is 6.79. The van der Waals surface area contributed by atoms with E-state index in [1.165, 1.54) is 0 Å². The van der Waals surface area contributed by atoms with Crippen LogP contribution in [0.15, 0.2) is 0 Å². The molecule has 0 atom stereocenters. The van der Waals surface area contributed by atoms with Crippen molar-refractivity contribution in [3.05, 3.63) is 11.6 Å². The van der Waals surface area contributed by atoms with Gasteiger partial charge in [0.1, 0.15) is 12.4 Å². The van der Waals surface area contributed by atoms with Crippen molar-refractivity contribution in [1.82, 2.24) is 14.8 Å². The Morgan fingerprint density at radius 3 is 2.57 bits per heavy atom. The Labute approximate surface area is 83.0 Å². The van der Waals surface area contributed by atoms with Crippen molar-refractivity contribution in [2.75, 3.05) is 20.3 Å². The minimum absolute atomic E-state index is 0.390. The van der Waals surface area contributed by atoms with Gasteiger partial charge in [-0.1, -0.05) is 0 Å². The smallest absolute Gasteiger partial charge is 0.158 e. The lowest BCUT2D eigenvalue weighted by Crippen LogP contribution is -2.09. The highest BCUT2D eigenvalue weighted by Gasteiger charge is 2.06. The largest absolute Gasteiger partial charge is 0.382 e. The van der Waals surface area contributed by atoms with Crippen molar-refractivity contribution in [2.45, 2.75) is 13.2 Å². The van der Waals surface area contributed by atoms with Crippen molar-refractivity contribution >= 4 is 0 Å². The van der Waals surface area contributed by atoms with Crippen molar-refractivity contribution in [2.24, 2.45) is 12.8 Å². The monoisotopic (exact) mass is 200 g/mol. The van der Waals surface area contributed by atoms with Crippen LogP contribution in [0.3, 0.4) is 0 Å². The molecular weight excluding hydrogens is 184 g/mol. The second kappa shape index (κ2) is 5.69. The van der Waals surface area contributed by atoms with Crippen molar-refractivity contribution < 1.29 is 9.47 Å². The van der Waals surface area contributed by atoms with Crippen LogP contribution in [0.25, 0.3) is 0 Å². The molecule has 0 fully saturated rings. The fourth-order valence-electron chi connectivity index (χ4n) is 1.01. The van der Waals surface area contributed by atoms with E-state index in [0.717, 1.165) is 11.6 Å². The molecule has 1 rings (SSSR count). The number of hydrogen-bond acceptors (Lipinski definition) is 5. The van der Waals surface area contributed by atoms with Crippen LogP contribution in [0, 0.1) is 0 Å². The van der Waals surface area contributed by atoms with Gasteiger partial charge in [-0.25, -0.2) is 0 Å². The molecular formula is C8H16N4O2. The number of ether oxygens (including phenoxy) is 2. The Morgan fingerprint density at radius 2 is 2.00 bits per heavy atom. The number of hydrogen-bond donors (Lipinski definition) is 1. The van der Waals surface area contributed by atoms with Gasteiger partial charge in [-0.15, -0.1) is 10.2 Å². The summed E-state index contributed by atoms with van der Waals surface area (Å²) in [7, 11) is 3.51. The summed E-state index contributed by atoms with van der Waals surface area (Å²) in [6.07, 6.45) is 0. The van der Waals surface area contributed by atoms with Gasteiger partial charge >= 0.3 is 0 Å². The third-order valence-electron chi connectivity index (χ3n) is 1.90. The maximum Gasteiger partial charge on any atom is 0.158 e. The predicted molar refractivity (Wildman–Crippen MR) is 50.4 cm³/mol. The van der Waals surface area contributed by atoms with Crippen LogP contribution < -0.4 is 5.73 Å². The van der Waals surface area contributed by atoms with Crippen LogP contribution in [0.1, 0.15) is 11.6 Å². The molecule has 0 saturated heterocycles. The van der Waals surface area contributed by atoms with Gasteiger partial charge in [-0.05, 0) is 0 Å². The minimum atomic E-state index is 0.390. The molecule has 0 unspecified atom stereocenters. The fourth-order valence-corrected chi connectivity index (χ4v) is 1.01. The molecule has 0 amide bonds. The molecule has 6 nitrogen and oxygen atoms in total. The average molecular weight is 200 g/mol. The van der Waals surface area contributed by atoms with E-state index < -0.39 is 0 Å². The molecule has 0 aromatic carbocycles. The fraction of sp³-hybridized carbons (Fsp3) is 0.750. The van der Waals surface area contributed by atoms with Crippen LogP contribution in [0.4, 0.5) is 0 Å². The van der Waals surface area contributed by atoms with Gasteiger partial charge in [0.15, 0.2) is 5.82 Å². The quantitative estimate of drug-likeness (QED) is 0.623. The maximum atomic E-state index is 5.46. The van der Waals surface area contributed by atoms with Gasteiger partial charge in [-0.3, -0.25) is 0 Å². The summed E-state index contributed by atoms with van der Waals surface area (Å²) < 4.78 is 12.0. The third-order valence-corrected chi connectivity index (χ3v) is 1.90. The molecule has 80 valence electrons. The highest BCUT2D eigenvalue weighted by atomic mass is 16.5. The number of aromatic nitrogens is 3. The van der Waals surface area contributed by atoms with Crippen molar-refractivity contribution in [3.63, 3.8) is 0 Å². The van der Waals surface area contributed by atoms with Crippen LogP contribution >= 0.6 is 0 Å². The molecule has 1 aromatic heterocycles. The summed E-state index contributed by atoms with van der Waals surface area (Å²) in [6, 6.07) is 0. The summed E-state index contributed by atoms with van der Waals surface area (Å²) >= 11 is 0. The number of nitrogens with zero attached hydrogens (tertiary/aromatic N) is 3. The predicted octanol–water partition coefficient (Wildman–Crippen LogP) is -0.563. The number of rotatable bonds is 6. The summed E-state index contributed by atoms with van der Waals surface area (Å²) in [4.78, 5) is 0. The lowest BCUT2D eigenvalue weighted by molar-refractivity contribution is 0.0575. The third kappa shape index (κ3) is 2.76. The Kier molecular flexibility index (Phi) is 4.51. The van der Waals surface area contributed by atoms with Gasteiger partial charge in [0, 0.05) is 14.2 Å². The molecule has 0 aliphatic heterocycles. The highest BCUT2D eigenvalue weighted by Crippen LogP contribution is 1.99. The molecule has 0 spiro atoms. The first kappa shape index (κ1) is 11.1. The molecule has 0 radical (unpaired) electrons. The van der Waals surface area contributed by atoms with Crippen LogP contribution in [-0.2, 0) is 29.7 Å². The molecule has 1 heterocycles. The second-order valence-electron chi connectivity index (χ2n) is 2.84. The molecule has 2 N–H and O–H groups in total. The Bertz CT molecular complexity index is 274. The van der Waals surface area contributed by atoms with E-state index in [0.29, 0.717) is 26.4 Å². The van der Waals surface area contributed by atoms with E-state index in [1.54, 1.807) is 7.11 Å². The molecule has 0 bridgehead atoms. The number of methoxy groups -OCH3 is 1. The zero-order valence-electron chi connectivity index (χ0n) is 8.56. The first-order valence-electron chi connectivity index (χ1n) is 4.43. The SMILES string of the molecule is COCCOCc1nnc(CN)n1C. The van der Waals surface area contributed by atoms with Gasteiger partial charge in [0.25, 0.3) is 0 Å². The standard InChI is InChI=1S/C8H16N4O2/c1-12-7(5-9)10-11-8(12)6-14-4-3-13-2/h3-6,9H2,1-2H3. The van der Waals surface area contributed by atoms with Crippen molar-refractivity contribution in [3.8, 4) is 0 Å². The second-order valence-corrected chi connectivity index (χ2v) is 2.84. The highest BCUT2D eigenvalue weighted by molar-refractivity contribution is 4.92. The van der Waals surface area contributed by atoms with E-state index in [4.69, 9.17) is 15.2 Å². The van der Waals surface area contributed by atoms with E-state index in [9.17, 15) is 0 Å². The lowest BCUT2D eigenvalue weighted by Gasteiger charge is -2.03. The van der Waals surface area contributed by atoms with E-state index in [1.807, 2.05) is 11.6 Å². The topological polar surface area (TPSA) is 75.2 Å². The van der Waals surface area contributed by atoms with Crippen molar-refractivity contribution in [1.29, 1.82) is 0 Å². The Balaban J connectivity index is 2.39. The van der Waals surface area contributed by atoms with Crippen LogP contribution in [0.5, 0.6) is 0 Å². The van der Waals surface area contributed by atoms with E-state index in [-0.39, 0.29) is 0 Å². The zero-order valence-corrected chi connectivity index (χ0v) is 8.56. The summed E-state index contributed by atoms with van der Waals surface area (Å²) in [5, 5.41) is 7.86. The molecule has 0 saturated carbocycles. The summed E-state index contributed by atoms with van der Waals surface area (Å²) in [5.74, 6) is 1.54. The molecule has 0 aliphatic carbocycles. The van der Waals surface area contributed by atoms with Gasteiger partial charge < -0.3 is 19.8 Å². The zero-order chi connectivity index (χ0) is 10.4. The Morgan fingerprint density at radius 1 is 1.29 bits per heavy atom. The first-order valence-corrected chi connectivity index (χ1v) is 4.43. The maximum absolute atomic E-state index is 5.46. The lowest BCUT2D eigenvalue weighted by atomic mass is 10.5. The van der Waals surface area contributed by atoms with Crippen LogP contribution in [0.2, 0.25) is 0 Å². The average Bonchev–Trinajstić information content (AvgIpc) is 2.55. The molecule has 14 heavy (non-hydrogen) atoms. The van der Waals surface area contributed by atoms with Gasteiger partial charge in [0.05, 0.1) is 19.8 Å². The van der Waals surface area contributed by atoms with E-state index >= 15 is 0 Å². The van der Waals surface area contributed by atoms with Gasteiger partial charge in [-0.2, -0.15) is 0 Å². The summed E-state index contributed by atoms with van der Waals surface area (Å²) in [5.41, 5.74) is 5.46. The normalized spacial score (nSPS) is 10.8. The number of nitrogens with two attached hydrogens (primary N) is 1. The minimum Gasteiger partial charge on any atom is -0.382 e. The molecule has 1 aromatic rings. The van der Waals surface area contributed by atoms with Crippen LogP contribution in [-0.4, -0.2) is 35.1 Å². The molecule has 0 aliphatic rings. The van der Waals surface area contributed by atoms with E-state index in [2.05, 4.69) is 10.2 Å². The van der Waals surface area contributed by atoms with Gasteiger partial charge in [0.2, 0.25) is 0 Å².